The van der Waals surface area contributed by atoms with Crippen LogP contribution in [0.15, 0.2) is 24.3 Å². The van der Waals surface area contributed by atoms with Crippen LogP contribution in [0, 0.1) is 0 Å². The molecule has 1 aliphatic rings. The summed E-state index contributed by atoms with van der Waals surface area (Å²) in [6, 6.07) is 7.14. The van der Waals surface area contributed by atoms with Gasteiger partial charge in [0.1, 0.15) is 17.3 Å². The number of aromatic nitrogens is 2. The summed E-state index contributed by atoms with van der Waals surface area (Å²) < 4.78 is 5.35. The predicted octanol–water partition coefficient (Wildman–Crippen LogP) is 2.03. The van der Waals surface area contributed by atoms with Crippen molar-refractivity contribution >= 4 is 34.0 Å². The third-order valence-corrected chi connectivity index (χ3v) is 4.43. The van der Waals surface area contributed by atoms with E-state index in [1.54, 1.807) is 18.2 Å². The number of para-hydroxylation sites is 2. The van der Waals surface area contributed by atoms with E-state index >= 15 is 0 Å². The molecule has 0 unspecified atom stereocenters. The van der Waals surface area contributed by atoms with Crippen molar-refractivity contribution in [3.05, 3.63) is 29.3 Å². The van der Waals surface area contributed by atoms with Crippen LogP contribution in [0.2, 0.25) is 0 Å². The summed E-state index contributed by atoms with van der Waals surface area (Å²) in [7, 11) is 0. The smallest absolute Gasteiger partial charge is 0.265 e. The van der Waals surface area contributed by atoms with Crippen molar-refractivity contribution < 1.29 is 14.3 Å². The number of nitrogens with one attached hydrogen (secondary N) is 1. The summed E-state index contributed by atoms with van der Waals surface area (Å²) in [5.74, 6) is 0.282. The van der Waals surface area contributed by atoms with Gasteiger partial charge in [0.25, 0.3) is 5.91 Å². The lowest BCUT2D eigenvalue weighted by atomic mass is 10.2. The normalized spacial score (nSPS) is 13.7. The zero-order chi connectivity index (χ0) is 16.4. The average molecular weight is 332 g/mol. The van der Waals surface area contributed by atoms with Crippen molar-refractivity contribution in [1.29, 1.82) is 0 Å². The Hall–Kier alpha value is -2.48. The van der Waals surface area contributed by atoms with Crippen molar-refractivity contribution in [2.24, 2.45) is 0 Å². The fraction of sp³-hybridized carbons (Fsp3) is 0.333. The number of anilines is 2. The van der Waals surface area contributed by atoms with Gasteiger partial charge in [0.05, 0.1) is 5.69 Å². The highest BCUT2D eigenvalue weighted by Crippen LogP contribution is 2.31. The first kappa shape index (κ1) is 15.4. The van der Waals surface area contributed by atoms with Gasteiger partial charge in [0, 0.05) is 5.92 Å². The van der Waals surface area contributed by atoms with Crippen LogP contribution >= 0.6 is 11.3 Å². The third kappa shape index (κ3) is 3.31. The van der Waals surface area contributed by atoms with Crippen LogP contribution in [0.4, 0.5) is 10.8 Å². The lowest BCUT2D eigenvalue weighted by molar-refractivity contribution is -0.123. The van der Waals surface area contributed by atoms with Crippen LogP contribution in [0.1, 0.15) is 24.8 Å². The van der Waals surface area contributed by atoms with E-state index < -0.39 is 0 Å². The molecule has 0 saturated heterocycles. The summed E-state index contributed by atoms with van der Waals surface area (Å²) in [6.45, 7) is 3.86. The Bertz CT molecular complexity index is 744. The molecule has 1 aliphatic heterocycles. The van der Waals surface area contributed by atoms with Crippen LogP contribution in [-0.4, -0.2) is 35.2 Å². The number of fused-ring (bicyclic) bond motifs is 1. The number of hydrogen-bond acceptors (Lipinski definition) is 6. The van der Waals surface area contributed by atoms with E-state index in [0.717, 1.165) is 5.01 Å². The van der Waals surface area contributed by atoms with Crippen LogP contribution < -0.4 is 15.0 Å². The molecule has 1 aromatic carbocycles. The summed E-state index contributed by atoms with van der Waals surface area (Å²) >= 11 is 1.34. The molecule has 0 radical (unpaired) electrons. The molecule has 0 bridgehead atoms. The van der Waals surface area contributed by atoms with Gasteiger partial charge in [-0.2, -0.15) is 0 Å². The highest BCUT2D eigenvalue weighted by atomic mass is 32.1. The molecule has 1 aromatic heterocycles. The molecule has 2 heterocycles. The fourth-order valence-electron chi connectivity index (χ4n) is 2.15. The quantitative estimate of drug-likeness (QED) is 0.926. The topological polar surface area (TPSA) is 84.4 Å². The molecule has 2 aromatic rings. The Labute approximate surface area is 137 Å². The summed E-state index contributed by atoms with van der Waals surface area (Å²) in [4.78, 5) is 25.7. The highest BCUT2D eigenvalue weighted by molar-refractivity contribution is 7.15. The van der Waals surface area contributed by atoms with E-state index in [1.807, 2.05) is 19.9 Å². The molecule has 1 N–H and O–H groups in total. The Kier molecular flexibility index (Phi) is 4.24. The van der Waals surface area contributed by atoms with Crippen molar-refractivity contribution in [2.45, 2.75) is 19.8 Å². The standard InChI is InChI=1S/C15H16N4O3S/c1-9(2)14-17-18-15(23-14)16-12(20)7-19-10-5-3-4-6-11(10)22-8-13(19)21/h3-6,9H,7-8H2,1-2H3,(H,16,18,20). The predicted molar refractivity (Wildman–Crippen MR) is 86.9 cm³/mol. The van der Waals surface area contributed by atoms with Gasteiger partial charge in [-0.25, -0.2) is 0 Å². The zero-order valence-corrected chi connectivity index (χ0v) is 13.6. The van der Waals surface area contributed by atoms with E-state index in [0.29, 0.717) is 16.6 Å². The molecule has 0 aliphatic carbocycles. The first-order chi connectivity index (χ1) is 11.0. The second-order valence-electron chi connectivity index (χ2n) is 5.38. The van der Waals surface area contributed by atoms with Gasteiger partial charge >= 0.3 is 0 Å². The third-order valence-electron chi connectivity index (χ3n) is 3.29. The lowest BCUT2D eigenvalue weighted by Crippen LogP contribution is -2.43. The van der Waals surface area contributed by atoms with Gasteiger partial charge < -0.3 is 4.74 Å². The molecular weight excluding hydrogens is 316 g/mol. The van der Waals surface area contributed by atoms with E-state index in [4.69, 9.17) is 4.74 Å². The van der Waals surface area contributed by atoms with Gasteiger partial charge in [-0.3, -0.25) is 19.8 Å². The minimum atomic E-state index is -0.318. The number of hydrogen-bond donors (Lipinski definition) is 1. The van der Waals surface area contributed by atoms with Crippen molar-refractivity contribution in [2.75, 3.05) is 23.4 Å². The maximum absolute atomic E-state index is 12.2. The molecule has 8 heteroatoms. The Morgan fingerprint density at radius 1 is 1.39 bits per heavy atom. The van der Waals surface area contributed by atoms with Crippen molar-refractivity contribution in [1.82, 2.24) is 10.2 Å². The zero-order valence-electron chi connectivity index (χ0n) is 12.8. The first-order valence-corrected chi connectivity index (χ1v) is 8.01. The molecule has 0 saturated carbocycles. The summed E-state index contributed by atoms with van der Waals surface area (Å²) in [5.41, 5.74) is 0.596. The molecule has 2 amide bonds. The number of nitrogens with zero attached hydrogens (tertiary/aromatic N) is 3. The van der Waals surface area contributed by atoms with Gasteiger partial charge in [-0.15, -0.1) is 10.2 Å². The minimum absolute atomic E-state index is 0.0689. The van der Waals surface area contributed by atoms with Crippen LogP contribution in [0.3, 0.4) is 0 Å². The van der Waals surface area contributed by atoms with Gasteiger partial charge in [0.15, 0.2) is 6.61 Å². The molecule has 0 atom stereocenters. The Balaban J connectivity index is 1.71. The van der Waals surface area contributed by atoms with Crippen LogP contribution in [-0.2, 0) is 9.59 Å². The number of rotatable bonds is 4. The van der Waals surface area contributed by atoms with Crippen molar-refractivity contribution in [3.63, 3.8) is 0 Å². The molecule has 7 nitrogen and oxygen atoms in total. The van der Waals surface area contributed by atoms with Gasteiger partial charge in [0.2, 0.25) is 11.0 Å². The number of amides is 2. The average Bonchev–Trinajstić information content (AvgIpc) is 2.99. The van der Waals surface area contributed by atoms with E-state index in [1.165, 1.54) is 16.2 Å². The maximum atomic E-state index is 12.2. The Morgan fingerprint density at radius 3 is 2.91 bits per heavy atom. The van der Waals surface area contributed by atoms with Crippen LogP contribution in [0.25, 0.3) is 0 Å². The SMILES string of the molecule is CC(C)c1nnc(NC(=O)CN2C(=O)COc3ccccc32)s1. The molecule has 0 spiro atoms. The lowest BCUT2D eigenvalue weighted by Gasteiger charge is -2.28. The second kappa shape index (κ2) is 6.33. The number of benzene rings is 1. The monoisotopic (exact) mass is 332 g/mol. The largest absolute Gasteiger partial charge is 0.482 e. The Morgan fingerprint density at radius 2 is 2.17 bits per heavy atom. The number of ether oxygens (including phenoxy) is 1. The van der Waals surface area contributed by atoms with Crippen molar-refractivity contribution in [3.8, 4) is 5.75 Å². The summed E-state index contributed by atoms with van der Waals surface area (Å²) in [5, 5.41) is 11.9. The second-order valence-corrected chi connectivity index (χ2v) is 6.39. The van der Waals surface area contributed by atoms with E-state index in [9.17, 15) is 9.59 Å². The first-order valence-electron chi connectivity index (χ1n) is 7.20. The molecule has 120 valence electrons. The number of carbonyl (C=O) groups excluding carboxylic acids is 2. The fourth-order valence-corrected chi connectivity index (χ4v) is 2.91. The maximum Gasteiger partial charge on any atom is 0.265 e. The van der Waals surface area contributed by atoms with E-state index in [2.05, 4.69) is 15.5 Å². The van der Waals surface area contributed by atoms with E-state index in [-0.39, 0.29) is 30.9 Å². The molecule has 3 rings (SSSR count). The van der Waals surface area contributed by atoms with Gasteiger partial charge in [-0.05, 0) is 12.1 Å². The van der Waals surface area contributed by atoms with Gasteiger partial charge in [-0.1, -0.05) is 37.3 Å². The molecule has 23 heavy (non-hydrogen) atoms. The minimum Gasteiger partial charge on any atom is -0.482 e. The molecular formula is C15H16N4O3S. The highest BCUT2D eigenvalue weighted by Gasteiger charge is 2.27. The summed E-state index contributed by atoms with van der Waals surface area (Å²) in [6.07, 6.45) is 0. The number of carbonyl (C=O) groups is 2. The van der Waals surface area contributed by atoms with Crippen LogP contribution in [0.5, 0.6) is 5.75 Å². The molecule has 0 fully saturated rings.